The Balaban J connectivity index is 0.00000142. The zero-order valence-electron chi connectivity index (χ0n) is 25.4. The van der Waals surface area contributed by atoms with Crippen molar-refractivity contribution in [3.05, 3.63) is 81.4 Å². The van der Waals surface area contributed by atoms with E-state index in [-0.39, 0.29) is 5.41 Å². The Morgan fingerprint density at radius 1 is 0.875 bits per heavy atom. The van der Waals surface area contributed by atoms with Gasteiger partial charge in [-0.2, -0.15) is 0 Å². The number of benzene rings is 2. The van der Waals surface area contributed by atoms with Crippen LogP contribution in [-0.2, 0) is 14.3 Å². The van der Waals surface area contributed by atoms with Gasteiger partial charge in [-0.25, -0.2) is 0 Å². The molecule has 4 atom stereocenters. The van der Waals surface area contributed by atoms with Crippen molar-refractivity contribution in [2.45, 2.75) is 98.2 Å². The fraction of sp³-hybridized carbons (Fsp3) is 0.541. The number of allylic oxidation sites excluding steroid dienone is 3. The molecule has 0 amide bonds. The average molecular weight is 539 g/mol. The molecule has 3 fully saturated rings. The third kappa shape index (κ3) is 4.36. The quantitative estimate of drug-likeness (QED) is 0.383. The van der Waals surface area contributed by atoms with E-state index in [0.717, 1.165) is 44.9 Å². The first-order valence-corrected chi connectivity index (χ1v) is 15.7. The van der Waals surface area contributed by atoms with E-state index in [4.69, 9.17) is 9.47 Å². The summed E-state index contributed by atoms with van der Waals surface area (Å²) >= 11 is 0. The number of fused-ring (bicyclic) bond motifs is 4. The Morgan fingerprint density at radius 3 is 2.23 bits per heavy atom. The second-order valence-electron chi connectivity index (χ2n) is 12.9. The van der Waals surface area contributed by atoms with E-state index in [1.165, 1.54) is 39.0 Å². The lowest BCUT2D eigenvalue weighted by atomic mass is 9.53. The molecule has 1 saturated heterocycles. The highest BCUT2D eigenvalue weighted by Gasteiger charge is 2.57. The van der Waals surface area contributed by atoms with Crippen LogP contribution in [0.5, 0.6) is 0 Å². The average Bonchev–Trinajstić information content (AvgIpc) is 3.52. The Hall–Kier alpha value is -2.49. The number of carbonyl (C=O) groups excluding carboxylic acids is 1. The van der Waals surface area contributed by atoms with E-state index in [2.05, 4.69) is 70.2 Å². The summed E-state index contributed by atoms with van der Waals surface area (Å²) in [5, 5.41) is 0. The van der Waals surface area contributed by atoms with E-state index in [9.17, 15) is 4.79 Å². The van der Waals surface area contributed by atoms with E-state index in [1.807, 2.05) is 13.8 Å². The highest BCUT2D eigenvalue weighted by atomic mass is 16.7. The molecule has 3 unspecified atom stereocenters. The second-order valence-corrected chi connectivity index (χ2v) is 12.9. The molecule has 3 nitrogen and oxygen atoms in total. The summed E-state index contributed by atoms with van der Waals surface area (Å²) < 4.78 is 12.2. The molecule has 212 valence electrons. The van der Waals surface area contributed by atoms with Crippen LogP contribution in [0.4, 0.5) is 0 Å². The minimum Gasteiger partial charge on any atom is -0.344 e. The van der Waals surface area contributed by atoms with Gasteiger partial charge in [0.2, 0.25) is 0 Å². The molecule has 2 saturated carbocycles. The SMILES string of the molecule is CC.Cc1cc(C)c(-c2ccc(C3C[C@]4(C)C(=O)CCC4C4CCC5=CC6(CCC5=C34)OCCO6)cc2)c(C)c1. The normalized spacial score (nSPS) is 30.3. The first-order valence-electron chi connectivity index (χ1n) is 15.7. The minimum absolute atomic E-state index is 0.197. The Labute approximate surface area is 241 Å². The Morgan fingerprint density at radius 2 is 1.55 bits per heavy atom. The predicted molar refractivity (Wildman–Crippen MR) is 162 cm³/mol. The highest BCUT2D eigenvalue weighted by Crippen LogP contribution is 2.63. The van der Waals surface area contributed by atoms with Crippen molar-refractivity contribution in [3.63, 3.8) is 0 Å². The topological polar surface area (TPSA) is 35.5 Å². The number of hydrogen-bond donors (Lipinski definition) is 0. The van der Waals surface area contributed by atoms with Gasteiger partial charge >= 0.3 is 0 Å². The van der Waals surface area contributed by atoms with Crippen molar-refractivity contribution in [2.75, 3.05) is 13.2 Å². The second kappa shape index (κ2) is 10.4. The number of hydrogen-bond acceptors (Lipinski definition) is 3. The predicted octanol–water partition coefficient (Wildman–Crippen LogP) is 8.95. The van der Waals surface area contributed by atoms with Crippen LogP contribution in [-0.4, -0.2) is 24.8 Å². The van der Waals surface area contributed by atoms with Gasteiger partial charge in [0.25, 0.3) is 0 Å². The maximum absolute atomic E-state index is 13.3. The van der Waals surface area contributed by atoms with Gasteiger partial charge in [0, 0.05) is 24.2 Å². The van der Waals surface area contributed by atoms with Crippen molar-refractivity contribution >= 4 is 5.78 Å². The van der Waals surface area contributed by atoms with E-state index < -0.39 is 5.79 Å². The molecule has 3 heteroatoms. The molecule has 0 radical (unpaired) electrons. The van der Waals surface area contributed by atoms with Crippen LogP contribution in [0.3, 0.4) is 0 Å². The van der Waals surface area contributed by atoms with Gasteiger partial charge in [-0.3, -0.25) is 4.79 Å². The van der Waals surface area contributed by atoms with Crippen molar-refractivity contribution in [2.24, 2.45) is 17.3 Å². The molecule has 40 heavy (non-hydrogen) atoms. The first kappa shape index (κ1) is 27.7. The van der Waals surface area contributed by atoms with Gasteiger partial charge in [0.05, 0.1) is 13.2 Å². The lowest BCUT2D eigenvalue weighted by Crippen LogP contribution is -2.44. The molecular weight excluding hydrogens is 492 g/mol. The van der Waals surface area contributed by atoms with E-state index in [1.54, 1.807) is 11.1 Å². The monoisotopic (exact) mass is 538 g/mol. The summed E-state index contributed by atoms with van der Waals surface area (Å²) in [6.07, 6.45) is 9.22. The molecule has 7 rings (SSSR count). The number of rotatable bonds is 2. The van der Waals surface area contributed by atoms with Gasteiger partial charge in [0.15, 0.2) is 5.79 Å². The summed E-state index contributed by atoms with van der Waals surface area (Å²) in [7, 11) is 0. The van der Waals surface area contributed by atoms with Crippen LogP contribution in [0.2, 0.25) is 0 Å². The van der Waals surface area contributed by atoms with Crippen molar-refractivity contribution in [1.29, 1.82) is 0 Å². The van der Waals surface area contributed by atoms with Crippen LogP contribution >= 0.6 is 0 Å². The Bertz CT molecular complexity index is 1350. The van der Waals surface area contributed by atoms with Crippen LogP contribution < -0.4 is 0 Å². The summed E-state index contributed by atoms with van der Waals surface area (Å²) in [6.45, 7) is 14.3. The summed E-state index contributed by atoms with van der Waals surface area (Å²) in [5.74, 6) is 1.30. The largest absolute Gasteiger partial charge is 0.344 e. The number of ether oxygens (including phenoxy) is 2. The lowest BCUT2D eigenvalue weighted by molar-refractivity contribution is -0.128. The summed E-state index contributed by atoms with van der Waals surface area (Å²) in [5.41, 5.74) is 12.4. The van der Waals surface area contributed by atoms with E-state index in [0.29, 0.717) is 36.8 Å². The fourth-order valence-corrected chi connectivity index (χ4v) is 9.07. The van der Waals surface area contributed by atoms with Crippen molar-refractivity contribution < 1.29 is 14.3 Å². The van der Waals surface area contributed by atoms with Crippen molar-refractivity contribution in [1.82, 2.24) is 0 Å². The molecule has 0 N–H and O–H groups in total. The van der Waals surface area contributed by atoms with Crippen LogP contribution in [0.1, 0.15) is 93.9 Å². The molecule has 4 aliphatic carbocycles. The third-order valence-corrected chi connectivity index (χ3v) is 10.7. The van der Waals surface area contributed by atoms with Crippen LogP contribution in [0.25, 0.3) is 11.1 Å². The fourth-order valence-electron chi connectivity index (χ4n) is 9.07. The third-order valence-electron chi connectivity index (χ3n) is 10.7. The standard InChI is InChI=1S/C35H40O3.C2H6/c1-21-17-22(2)32(23(3)18-21)25-7-5-24(6-8-25)29-20-34(4)30(11-12-31(34)36)28-10-9-26-19-35(37-15-16-38-35)14-13-27(26)33(28)29;1-2/h5-8,17-19,28-30H,9-16,20H2,1-4H3;1-2H3/t28?,29?,30?,34-;/m0./s1. The first-order chi connectivity index (χ1) is 19.3. The highest BCUT2D eigenvalue weighted by molar-refractivity contribution is 5.87. The summed E-state index contributed by atoms with van der Waals surface area (Å²) in [4.78, 5) is 13.3. The maximum Gasteiger partial charge on any atom is 0.188 e. The molecule has 2 aromatic carbocycles. The zero-order valence-corrected chi connectivity index (χ0v) is 25.4. The number of ketones is 1. The molecule has 5 aliphatic rings. The van der Waals surface area contributed by atoms with E-state index >= 15 is 0 Å². The van der Waals surface area contributed by atoms with Gasteiger partial charge in [0.1, 0.15) is 5.78 Å². The van der Waals surface area contributed by atoms with Gasteiger partial charge in [-0.15, -0.1) is 0 Å². The van der Waals surface area contributed by atoms with Gasteiger partial charge in [-0.05, 0) is 110 Å². The number of aryl methyl sites for hydroxylation is 3. The van der Waals surface area contributed by atoms with Crippen LogP contribution in [0, 0.1) is 38.0 Å². The molecule has 1 heterocycles. The zero-order chi connectivity index (χ0) is 28.2. The molecule has 1 spiro atoms. The molecule has 0 aromatic heterocycles. The molecule has 2 aromatic rings. The minimum atomic E-state index is -0.500. The smallest absolute Gasteiger partial charge is 0.188 e. The van der Waals surface area contributed by atoms with Crippen LogP contribution in [0.15, 0.2) is 59.2 Å². The van der Waals surface area contributed by atoms with Crippen molar-refractivity contribution in [3.8, 4) is 11.1 Å². The maximum atomic E-state index is 13.3. The number of carbonyl (C=O) groups is 1. The molecule has 1 aliphatic heterocycles. The lowest BCUT2D eigenvalue weighted by Gasteiger charge is -2.51. The molecular formula is C37H46O3. The van der Waals surface area contributed by atoms with Gasteiger partial charge in [-0.1, -0.05) is 68.3 Å². The Kier molecular flexibility index (Phi) is 7.20. The summed E-state index contributed by atoms with van der Waals surface area (Å²) in [6, 6.07) is 13.9. The number of Topliss-reactive ketones (excluding diaryl/α,β-unsaturated/α-hetero) is 1. The molecule has 0 bridgehead atoms. The van der Waals surface area contributed by atoms with Gasteiger partial charge < -0.3 is 9.47 Å².